The van der Waals surface area contributed by atoms with Gasteiger partial charge in [0.15, 0.2) is 0 Å². The highest BCUT2D eigenvalue weighted by Crippen LogP contribution is 2.31. The molecule has 174 valence electrons. The van der Waals surface area contributed by atoms with Crippen molar-refractivity contribution < 1.29 is 13.9 Å². The molecular formula is C26H26N4O4. The molecule has 0 saturated carbocycles. The minimum Gasteiger partial charge on any atom is -0.497 e. The maximum Gasteiger partial charge on any atom is 0.275 e. The molecule has 0 aliphatic carbocycles. The number of piperidine rings is 1. The maximum atomic E-state index is 13.3. The highest BCUT2D eigenvalue weighted by atomic mass is 16.5. The molecular weight excluding hydrogens is 432 g/mol. The summed E-state index contributed by atoms with van der Waals surface area (Å²) in [5.41, 5.74) is 0.789. The van der Waals surface area contributed by atoms with Gasteiger partial charge in [0.1, 0.15) is 24.1 Å². The number of methoxy groups -OCH3 is 1. The van der Waals surface area contributed by atoms with Crippen LogP contribution in [0.25, 0.3) is 10.8 Å². The molecule has 0 N–H and O–H groups in total. The van der Waals surface area contributed by atoms with Crippen molar-refractivity contribution in [2.24, 2.45) is 0 Å². The number of ether oxygens (including phenoxy) is 1. The Hall–Kier alpha value is -3.94. The van der Waals surface area contributed by atoms with E-state index in [9.17, 15) is 9.59 Å². The van der Waals surface area contributed by atoms with Crippen molar-refractivity contribution in [1.82, 2.24) is 19.7 Å². The lowest BCUT2D eigenvalue weighted by molar-refractivity contribution is -0.136. The van der Waals surface area contributed by atoms with Crippen LogP contribution in [0.5, 0.6) is 5.75 Å². The number of carbonyl (C=O) groups is 1. The highest BCUT2D eigenvalue weighted by Gasteiger charge is 2.31. The van der Waals surface area contributed by atoms with Crippen LogP contribution in [0.3, 0.4) is 0 Å². The van der Waals surface area contributed by atoms with Crippen LogP contribution < -0.4 is 10.3 Å². The Kier molecular flexibility index (Phi) is 6.12. The number of hydrogen-bond donors (Lipinski definition) is 0. The number of benzene rings is 2. The Bertz CT molecular complexity index is 1380. The molecule has 1 fully saturated rings. The topological polar surface area (TPSA) is 90.5 Å². The van der Waals surface area contributed by atoms with E-state index in [0.717, 1.165) is 41.7 Å². The Morgan fingerprint density at radius 3 is 2.91 bits per heavy atom. The van der Waals surface area contributed by atoms with Gasteiger partial charge in [-0.25, -0.2) is 9.67 Å². The third-order valence-corrected chi connectivity index (χ3v) is 6.24. The van der Waals surface area contributed by atoms with Crippen LogP contribution in [0.2, 0.25) is 0 Å². The molecule has 8 nitrogen and oxygen atoms in total. The normalized spacial score (nSPS) is 16.0. The van der Waals surface area contributed by atoms with Gasteiger partial charge >= 0.3 is 0 Å². The van der Waals surface area contributed by atoms with Gasteiger partial charge < -0.3 is 14.1 Å². The van der Waals surface area contributed by atoms with Crippen LogP contribution in [0.1, 0.15) is 42.5 Å². The summed E-state index contributed by atoms with van der Waals surface area (Å²) in [6.45, 7) is 0.483. The number of rotatable bonds is 6. The van der Waals surface area contributed by atoms with E-state index in [1.54, 1.807) is 30.5 Å². The van der Waals surface area contributed by atoms with Gasteiger partial charge in [-0.3, -0.25) is 9.59 Å². The van der Waals surface area contributed by atoms with E-state index in [-0.39, 0.29) is 24.1 Å². The van der Waals surface area contributed by atoms with E-state index in [2.05, 4.69) is 10.1 Å². The van der Waals surface area contributed by atoms with Crippen molar-refractivity contribution in [2.75, 3.05) is 13.7 Å². The summed E-state index contributed by atoms with van der Waals surface area (Å²) in [6.07, 6.45) is 6.58. The molecule has 0 spiro atoms. The summed E-state index contributed by atoms with van der Waals surface area (Å²) < 4.78 is 12.6. The molecule has 34 heavy (non-hydrogen) atoms. The molecule has 4 aromatic rings. The fourth-order valence-corrected chi connectivity index (χ4v) is 4.49. The zero-order chi connectivity index (χ0) is 23.5. The van der Waals surface area contributed by atoms with Crippen molar-refractivity contribution in [3.05, 3.63) is 88.5 Å². The summed E-state index contributed by atoms with van der Waals surface area (Å²) >= 11 is 0. The van der Waals surface area contributed by atoms with Gasteiger partial charge in [-0.2, -0.15) is 5.10 Å². The Morgan fingerprint density at radius 2 is 2.03 bits per heavy atom. The second-order valence-electron chi connectivity index (χ2n) is 8.49. The Morgan fingerprint density at radius 1 is 1.15 bits per heavy atom. The van der Waals surface area contributed by atoms with Crippen molar-refractivity contribution in [3.8, 4) is 5.75 Å². The quantitative estimate of drug-likeness (QED) is 0.437. The molecule has 2 aromatic heterocycles. The molecule has 0 unspecified atom stereocenters. The van der Waals surface area contributed by atoms with Crippen LogP contribution in [-0.4, -0.2) is 39.2 Å². The van der Waals surface area contributed by atoms with Gasteiger partial charge in [0.05, 0.1) is 24.9 Å². The largest absolute Gasteiger partial charge is 0.497 e. The molecule has 5 rings (SSSR count). The number of fused-ring (bicyclic) bond motifs is 1. The predicted molar refractivity (Wildman–Crippen MR) is 127 cm³/mol. The van der Waals surface area contributed by atoms with Crippen LogP contribution in [0, 0.1) is 0 Å². The molecule has 0 bridgehead atoms. The lowest BCUT2D eigenvalue weighted by Crippen LogP contribution is -2.42. The van der Waals surface area contributed by atoms with Gasteiger partial charge in [-0.1, -0.05) is 30.3 Å². The Labute approximate surface area is 196 Å². The summed E-state index contributed by atoms with van der Waals surface area (Å²) in [6, 6.07) is 14.8. The van der Waals surface area contributed by atoms with Gasteiger partial charge in [-0.05, 0) is 43.0 Å². The fraction of sp³-hybridized carbons (Fsp3) is 0.308. The number of likely N-dealkylation sites (tertiary alicyclic amines) is 1. The monoisotopic (exact) mass is 458 g/mol. The van der Waals surface area contributed by atoms with E-state index >= 15 is 0 Å². The molecule has 1 amide bonds. The minimum absolute atomic E-state index is 0.114. The second-order valence-corrected chi connectivity index (χ2v) is 8.49. The summed E-state index contributed by atoms with van der Waals surface area (Å²) in [7, 11) is 1.64. The average molecular weight is 459 g/mol. The van der Waals surface area contributed by atoms with Gasteiger partial charge in [0.2, 0.25) is 11.8 Å². The molecule has 3 heterocycles. The van der Waals surface area contributed by atoms with E-state index in [1.165, 1.54) is 4.68 Å². The Balaban J connectivity index is 1.34. The van der Waals surface area contributed by atoms with Crippen LogP contribution >= 0.6 is 0 Å². The number of nitrogens with zero attached hydrogens (tertiary/aromatic N) is 4. The molecule has 1 aliphatic rings. The number of hydrogen-bond acceptors (Lipinski definition) is 6. The summed E-state index contributed by atoms with van der Waals surface area (Å²) in [5, 5.41) is 5.52. The molecule has 1 aliphatic heterocycles. The van der Waals surface area contributed by atoms with Crippen LogP contribution in [-0.2, 0) is 17.8 Å². The van der Waals surface area contributed by atoms with E-state index in [0.29, 0.717) is 24.2 Å². The lowest BCUT2D eigenvalue weighted by atomic mass is 10.0. The van der Waals surface area contributed by atoms with Crippen molar-refractivity contribution in [3.63, 3.8) is 0 Å². The first kappa shape index (κ1) is 21.9. The van der Waals surface area contributed by atoms with E-state index < -0.39 is 0 Å². The summed E-state index contributed by atoms with van der Waals surface area (Å²) in [5.74, 6) is 1.89. The van der Waals surface area contributed by atoms with Crippen molar-refractivity contribution >= 4 is 16.7 Å². The number of aromatic nitrogens is 3. The molecule has 1 atom stereocenters. The first-order chi connectivity index (χ1) is 16.6. The first-order valence-electron chi connectivity index (χ1n) is 11.4. The fourth-order valence-electron chi connectivity index (χ4n) is 4.49. The molecule has 2 aromatic carbocycles. The third-order valence-electron chi connectivity index (χ3n) is 6.24. The lowest BCUT2D eigenvalue weighted by Gasteiger charge is -2.33. The van der Waals surface area contributed by atoms with Gasteiger partial charge in [-0.15, -0.1) is 0 Å². The van der Waals surface area contributed by atoms with Gasteiger partial charge in [0.25, 0.3) is 5.56 Å². The smallest absolute Gasteiger partial charge is 0.275 e. The van der Waals surface area contributed by atoms with E-state index in [1.807, 2.05) is 42.5 Å². The first-order valence-corrected chi connectivity index (χ1v) is 11.4. The zero-order valence-corrected chi connectivity index (χ0v) is 19.0. The maximum absolute atomic E-state index is 13.3. The minimum atomic E-state index is -0.267. The van der Waals surface area contributed by atoms with Crippen molar-refractivity contribution in [2.45, 2.75) is 38.3 Å². The number of amides is 1. The zero-order valence-electron chi connectivity index (χ0n) is 19.0. The molecule has 8 heteroatoms. The molecule has 0 radical (unpaired) electrons. The standard InChI is InChI=1S/C26H26N4O4/c1-33-20-9-6-7-18(13-20)14-21-16-27-25(34-21)23-11-4-5-12-29(23)24(31)17-30-26(32)22-10-3-2-8-19(22)15-28-30/h2-3,6-10,13,15-16,23H,4-5,11-12,14,17H2,1H3/t23-/m0/s1. The SMILES string of the molecule is COc1cccc(Cc2cnc([C@@H]3CCCCN3C(=O)Cn3ncc4ccccc4c3=O)o2)c1. The molecule has 1 saturated heterocycles. The average Bonchev–Trinajstić information content (AvgIpc) is 3.34. The second kappa shape index (κ2) is 9.51. The van der Waals surface area contributed by atoms with Gasteiger partial charge in [0, 0.05) is 18.4 Å². The summed E-state index contributed by atoms with van der Waals surface area (Å²) in [4.78, 5) is 32.3. The highest BCUT2D eigenvalue weighted by molar-refractivity contribution is 5.81. The van der Waals surface area contributed by atoms with Crippen molar-refractivity contribution in [1.29, 1.82) is 0 Å². The third kappa shape index (κ3) is 4.44. The number of carbonyl (C=O) groups excluding carboxylic acids is 1. The van der Waals surface area contributed by atoms with E-state index in [4.69, 9.17) is 9.15 Å². The van der Waals surface area contributed by atoms with Crippen LogP contribution in [0.4, 0.5) is 0 Å². The van der Waals surface area contributed by atoms with Crippen LogP contribution in [0.15, 0.2) is 70.1 Å². The number of oxazole rings is 1. The predicted octanol–water partition coefficient (Wildman–Crippen LogP) is 3.74.